The van der Waals surface area contributed by atoms with Gasteiger partial charge in [-0.2, -0.15) is 0 Å². The standard InChI is InChI=1S/C6H12N3O/c7-6-3-8-1-5(6)2-9(10)4-6/h5,8H,1-4,7H2/q-1. The molecule has 2 saturated heterocycles. The van der Waals surface area contributed by atoms with Crippen LogP contribution in [0.1, 0.15) is 0 Å². The van der Waals surface area contributed by atoms with Crippen molar-refractivity contribution in [2.75, 3.05) is 26.2 Å². The third kappa shape index (κ3) is 0.769. The quantitative estimate of drug-likeness (QED) is 0.442. The molecule has 2 heterocycles. The van der Waals surface area contributed by atoms with Gasteiger partial charge < -0.3 is 21.3 Å². The molecule has 4 heteroatoms. The molecule has 0 radical (unpaired) electrons. The van der Waals surface area contributed by atoms with Crippen molar-refractivity contribution in [1.82, 2.24) is 10.4 Å². The van der Waals surface area contributed by atoms with Crippen LogP contribution in [-0.4, -0.2) is 36.8 Å². The van der Waals surface area contributed by atoms with Gasteiger partial charge in [0.05, 0.1) is 0 Å². The van der Waals surface area contributed by atoms with Gasteiger partial charge >= 0.3 is 0 Å². The van der Waals surface area contributed by atoms with Crippen LogP contribution in [0.5, 0.6) is 0 Å². The number of hydrogen-bond acceptors (Lipinski definition) is 4. The van der Waals surface area contributed by atoms with E-state index in [-0.39, 0.29) is 5.54 Å². The molecule has 3 N–H and O–H groups in total. The van der Waals surface area contributed by atoms with E-state index in [1.165, 1.54) is 0 Å². The van der Waals surface area contributed by atoms with Crippen molar-refractivity contribution >= 4 is 0 Å². The van der Waals surface area contributed by atoms with E-state index in [0.717, 1.165) is 18.2 Å². The summed E-state index contributed by atoms with van der Waals surface area (Å²) in [5.41, 5.74) is 5.73. The highest BCUT2D eigenvalue weighted by atomic mass is 16.5. The Kier molecular flexibility index (Phi) is 1.25. The van der Waals surface area contributed by atoms with Crippen molar-refractivity contribution in [3.8, 4) is 0 Å². The maximum absolute atomic E-state index is 10.9. The fourth-order valence-electron chi connectivity index (χ4n) is 1.90. The van der Waals surface area contributed by atoms with Gasteiger partial charge in [-0.15, -0.1) is 0 Å². The zero-order valence-corrected chi connectivity index (χ0v) is 5.84. The molecule has 2 aliphatic rings. The Morgan fingerprint density at radius 1 is 1.70 bits per heavy atom. The Bertz CT molecular complexity index is 152. The molecule has 2 rings (SSSR count). The normalized spacial score (nSPS) is 48.0. The van der Waals surface area contributed by atoms with Crippen molar-refractivity contribution in [3.05, 3.63) is 5.21 Å². The van der Waals surface area contributed by atoms with E-state index >= 15 is 0 Å². The Hall–Kier alpha value is -0.160. The molecule has 0 spiro atoms. The SMILES string of the molecule is NC12CNCC1CN([O-])C2. The van der Waals surface area contributed by atoms with E-state index < -0.39 is 0 Å². The predicted octanol–water partition coefficient (Wildman–Crippen LogP) is -1.28. The van der Waals surface area contributed by atoms with Gasteiger partial charge in [-0.1, -0.05) is 0 Å². The van der Waals surface area contributed by atoms with E-state index in [1.807, 2.05) is 0 Å². The summed E-state index contributed by atoms with van der Waals surface area (Å²) < 4.78 is 0. The molecule has 10 heavy (non-hydrogen) atoms. The number of fused-ring (bicyclic) bond motifs is 1. The molecule has 0 amide bonds. The summed E-state index contributed by atoms with van der Waals surface area (Å²) >= 11 is 0. The molecule has 2 atom stereocenters. The van der Waals surface area contributed by atoms with Gasteiger partial charge in [-0.3, -0.25) is 0 Å². The number of nitrogens with one attached hydrogen (secondary N) is 1. The Balaban J connectivity index is 2.15. The number of rotatable bonds is 0. The van der Waals surface area contributed by atoms with E-state index in [1.54, 1.807) is 0 Å². The van der Waals surface area contributed by atoms with Crippen LogP contribution in [-0.2, 0) is 0 Å². The monoisotopic (exact) mass is 142 g/mol. The third-order valence-corrected chi connectivity index (χ3v) is 2.55. The second kappa shape index (κ2) is 1.92. The number of hydroxylamine groups is 2. The van der Waals surface area contributed by atoms with Crippen molar-refractivity contribution in [2.45, 2.75) is 5.54 Å². The van der Waals surface area contributed by atoms with Crippen LogP contribution < -0.4 is 11.1 Å². The zero-order chi connectivity index (χ0) is 7.19. The first-order valence-electron chi connectivity index (χ1n) is 3.62. The maximum atomic E-state index is 10.9. The molecule has 4 nitrogen and oxygen atoms in total. The summed E-state index contributed by atoms with van der Waals surface area (Å²) in [5, 5.41) is 15.1. The Morgan fingerprint density at radius 2 is 2.50 bits per heavy atom. The molecule has 58 valence electrons. The molecule has 0 aromatic rings. The van der Waals surface area contributed by atoms with Crippen LogP contribution in [0.2, 0.25) is 0 Å². The highest BCUT2D eigenvalue weighted by molar-refractivity contribution is 5.07. The first kappa shape index (κ1) is 6.54. The first-order valence-corrected chi connectivity index (χ1v) is 3.62. The molecular formula is C6H12N3O-. The molecule has 0 saturated carbocycles. The Labute approximate surface area is 60.0 Å². The molecule has 0 bridgehead atoms. The highest BCUT2D eigenvalue weighted by Gasteiger charge is 2.43. The largest absolute Gasteiger partial charge is 0.785 e. The second-order valence-electron chi connectivity index (χ2n) is 3.38. The van der Waals surface area contributed by atoms with Gasteiger partial charge in [0.25, 0.3) is 0 Å². The number of hydrogen-bond donors (Lipinski definition) is 2. The number of nitrogens with zero attached hydrogens (tertiary/aromatic N) is 1. The molecule has 0 aromatic heterocycles. The van der Waals surface area contributed by atoms with E-state index in [4.69, 9.17) is 5.73 Å². The summed E-state index contributed by atoms with van der Waals surface area (Å²) in [5.74, 6) is 0.380. The van der Waals surface area contributed by atoms with Gasteiger partial charge in [0.2, 0.25) is 0 Å². The maximum Gasteiger partial charge on any atom is 0.0453 e. The topological polar surface area (TPSA) is 64.3 Å². The highest BCUT2D eigenvalue weighted by Crippen LogP contribution is 2.27. The molecule has 2 fully saturated rings. The second-order valence-corrected chi connectivity index (χ2v) is 3.38. The summed E-state index contributed by atoms with van der Waals surface area (Å²) in [4.78, 5) is 0. The lowest BCUT2D eigenvalue weighted by Gasteiger charge is -2.25. The van der Waals surface area contributed by atoms with Crippen LogP contribution in [0.15, 0.2) is 0 Å². The van der Waals surface area contributed by atoms with Gasteiger partial charge in [0.1, 0.15) is 0 Å². The Morgan fingerprint density at radius 3 is 3.20 bits per heavy atom. The van der Waals surface area contributed by atoms with Crippen LogP contribution in [0, 0.1) is 11.1 Å². The molecular weight excluding hydrogens is 130 g/mol. The van der Waals surface area contributed by atoms with Crippen LogP contribution in [0.25, 0.3) is 0 Å². The molecule has 0 aliphatic carbocycles. The minimum Gasteiger partial charge on any atom is -0.785 e. The van der Waals surface area contributed by atoms with Crippen LogP contribution >= 0.6 is 0 Å². The number of nitrogens with two attached hydrogens (primary N) is 1. The lowest BCUT2D eigenvalue weighted by atomic mass is 9.92. The first-order chi connectivity index (χ1) is 4.71. The predicted molar refractivity (Wildman–Crippen MR) is 38.2 cm³/mol. The van der Waals surface area contributed by atoms with Crippen molar-refractivity contribution < 1.29 is 0 Å². The lowest BCUT2D eigenvalue weighted by Crippen LogP contribution is -2.48. The van der Waals surface area contributed by atoms with Gasteiger partial charge in [-0.05, 0) is 6.54 Å². The summed E-state index contributed by atoms with van der Waals surface area (Å²) in [6.07, 6.45) is 0. The smallest absolute Gasteiger partial charge is 0.0453 e. The zero-order valence-electron chi connectivity index (χ0n) is 5.84. The van der Waals surface area contributed by atoms with Crippen molar-refractivity contribution in [2.24, 2.45) is 11.7 Å². The fraction of sp³-hybridized carbons (Fsp3) is 1.00. The summed E-state index contributed by atoms with van der Waals surface area (Å²) in [6.45, 7) is 2.83. The van der Waals surface area contributed by atoms with Gasteiger partial charge in [0, 0.05) is 31.1 Å². The molecule has 2 aliphatic heterocycles. The van der Waals surface area contributed by atoms with E-state index in [9.17, 15) is 5.21 Å². The lowest BCUT2D eigenvalue weighted by molar-refractivity contribution is 0.402. The summed E-state index contributed by atoms with van der Waals surface area (Å²) in [7, 11) is 0. The van der Waals surface area contributed by atoms with Crippen molar-refractivity contribution in [1.29, 1.82) is 0 Å². The van der Waals surface area contributed by atoms with Crippen LogP contribution in [0.4, 0.5) is 0 Å². The van der Waals surface area contributed by atoms with E-state index in [2.05, 4.69) is 5.32 Å². The van der Waals surface area contributed by atoms with Gasteiger partial charge in [0.15, 0.2) is 0 Å². The van der Waals surface area contributed by atoms with Crippen molar-refractivity contribution in [3.63, 3.8) is 0 Å². The van der Waals surface area contributed by atoms with E-state index in [0.29, 0.717) is 19.0 Å². The average molecular weight is 142 g/mol. The fourth-order valence-corrected chi connectivity index (χ4v) is 1.90. The third-order valence-electron chi connectivity index (χ3n) is 2.55. The minimum absolute atomic E-state index is 0.220. The minimum atomic E-state index is -0.220. The van der Waals surface area contributed by atoms with Crippen LogP contribution in [0.3, 0.4) is 0 Å². The molecule has 0 aromatic carbocycles. The van der Waals surface area contributed by atoms with Gasteiger partial charge in [-0.25, -0.2) is 0 Å². The summed E-state index contributed by atoms with van der Waals surface area (Å²) in [6, 6.07) is 0. The molecule has 2 unspecified atom stereocenters. The average Bonchev–Trinajstić information content (AvgIpc) is 2.20.